The molecular formula is C14H19NO3. The number of benzene rings is 1. The SMILES string of the molecule is CCCOCCN(C)C(=O)c1ccccc1C=O. The number of likely N-dealkylation sites (N-methyl/N-ethyl adjacent to an activating group) is 1. The van der Waals surface area contributed by atoms with Gasteiger partial charge in [-0.25, -0.2) is 0 Å². The van der Waals surface area contributed by atoms with Crippen LogP contribution in [-0.4, -0.2) is 43.9 Å². The number of carbonyl (C=O) groups excluding carboxylic acids is 2. The van der Waals surface area contributed by atoms with Crippen LogP contribution in [0.25, 0.3) is 0 Å². The molecule has 0 heterocycles. The summed E-state index contributed by atoms with van der Waals surface area (Å²) in [6.07, 6.45) is 1.67. The molecule has 98 valence electrons. The van der Waals surface area contributed by atoms with Gasteiger partial charge in [0, 0.05) is 25.8 Å². The Labute approximate surface area is 108 Å². The van der Waals surface area contributed by atoms with Gasteiger partial charge in [-0.1, -0.05) is 25.1 Å². The highest BCUT2D eigenvalue weighted by atomic mass is 16.5. The molecule has 1 aromatic carbocycles. The molecule has 0 aliphatic rings. The van der Waals surface area contributed by atoms with Crippen LogP contribution in [0.15, 0.2) is 24.3 Å². The fraction of sp³-hybridized carbons (Fsp3) is 0.429. The molecule has 0 N–H and O–H groups in total. The molecule has 1 rings (SSSR count). The predicted molar refractivity (Wildman–Crippen MR) is 69.9 cm³/mol. The Morgan fingerprint density at radius 3 is 2.72 bits per heavy atom. The van der Waals surface area contributed by atoms with E-state index in [1.54, 1.807) is 36.2 Å². The van der Waals surface area contributed by atoms with E-state index < -0.39 is 0 Å². The van der Waals surface area contributed by atoms with Crippen LogP contribution in [0.2, 0.25) is 0 Å². The molecule has 1 amide bonds. The third-order valence-electron chi connectivity index (χ3n) is 2.58. The van der Waals surface area contributed by atoms with E-state index in [-0.39, 0.29) is 5.91 Å². The van der Waals surface area contributed by atoms with Crippen molar-refractivity contribution >= 4 is 12.2 Å². The second kappa shape index (κ2) is 7.61. The maximum atomic E-state index is 12.1. The molecule has 4 nitrogen and oxygen atoms in total. The van der Waals surface area contributed by atoms with Crippen molar-refractivity contribution in [3.8, 4) is 0 Å². The number of carbonyl (C=O) groups is 2. The number of amides is 1. The molecule has 0 atom stereocenters. The second-order valence-corrected chi connectivity index (χ2v) is 4.04. The summed E-state index contributed by atoms with van der Waals surface area (Å²) >= 11 is 0. The van der Waals surface area contributed by atoms with Gasteiger partial charge in [-0.3, -0.25) is 9.59 Å². The topological polar surface area (TPSA) is 46.6 Å². The predicted octanol–water partition coefficient (Wildman–Crippen LogP) is 2.00. The van der Waals surface area contributed by atoms with Crippen molar-refractivity contribution < 1.29 is 14.3 Å². The van der Waals surface area contributed by atoms with E-state index in [0.29, 0.717) is 37.2 Å². The van der Waals surface area contributed by atoms with Gasteiger partial charge in [-0.05, 0) is 12.5 Å². The monoisotopic (exact) mass is 249 g/mol. The normalized spacial score (nSPS) is 10.1. The summed E-state index contributed by atoms with van der Waals surface area (Å²) in [5.74, 6) is -0.155. The molecular weight excluding hydrogens is 230 g/mol. The maximum Gasteiger partial charge on any atom is 0.254 e. The van der Waals surface area contributed by atoms with Crippen LogP contribution < -0.4 is 0 Å². The Hall–Kier alpha value is -1.68. The van der Waals surface area contributed by atoms with Crippen molar-refractivity contribution in [3.05, 3.63) is 35.4 Å². The number of rotatable bonds is 7. The standard InChI is InChI=1S/C14H19NO3/c1-3-9-18-10-8-15(2)14(17)13-7-5-4-6-12(13)11-16/h4-7,11H,3,8-10H2,1-2H3. The van der Waals surface area contributed by atoms with Gasteiger partial charge in [0.25, 0.3) is 5.91 Å². The molecule has 0 fully saturated rings. The van der Waals surface area contributed by atoms with Crippen LogP contribution in [0.1, 0.15) is 34.1 Å². The van der Waals surface area contributed by atoms with Gasteiger partial charge < -0.3 is 9.64 Å². The summed E-state index contributed by atoms with van der Waals surface area (Å²) in [5, 5.41) is 0. The number of aldehydes is 1. The molecule has 0 aliphatic carbocycles. The first-order chi connectivity index (χ1) is 8.70. The molecule has 0 unspecified atom stereocenters. The summed E-state index contributed by atoms with van der Waals surface area (Å²) in [7, 11) is 1.71. The van der Waals surface area contributed by atoms with Crippen molar-refractivity contribution in [1.29, 1.82) is 0 Å². The first kappa shape index (κ1) is 14.4. The van der Waals surface area contributed by atoms with Crippen molar-refractivity contribution in [3.63, 3.8) is 0 Å². The second-order valence-electron chi connectivity index (χ2n) is 4.04. The van der Waals surface area contributed by atoms with Crippen molar-refractivity contribution in [2.24, 2.45) is 0 Å². The number of ether oxygens (including phenoxy) is 1. The van der Waals surface area contributed by atoms with E-state index >= 15 is 0 Å². The van der Waals surface area contributed by atoms with Gasteiger partial charge in [0.05, 0.1) is 12.2 Å². The largest absolute Gasteiger partial charge is 0.380 e. The van der Waals surface area contributed by atoms with Gasteiger partial charge in [-0.15, -0.1) is 0 Å². The van der Waals surface area contributed by atoms with E-state index in [9.17, 15) is 9.59 Å². The zero-order chi connectivity index (χ0) is 13.4. The third kappa shape index (κ3) is 3.96. The lowest BCUT2D eigenvalue weighted by molar-refractivity contribution is 0.0694. The lowest BCUT2D eigenvalue weighted by Crippen LogP contribution is -2.30. The van der Waals surface area contributed by atoms with Crippen LogP contribution in [0, 0.1) is 0 Å². The Kier molecular flexibility index (Phi) is 6.08. The first-order valence-electron chi connectivity index (χ1n) is 6.08. The first-order valence-corrected chi connectivity index (χ1v) is 6.08. The molecule has 18 heavy (non-hydrogen) atoms. The molecule has 0 saturated carbocycles. The smallest absolute Gasteiger partial charge is 0.254 e. The highest BCUT2D eigenvalue weighted by molar-refractivity contribution is 6.01. The van der Waals surface area contributed by atoms with E-state index in [1.807, 2.05) is 6.92 Å². The fourth-order valence-corrected chi connectivity index (χ4v) is 1.55. The van der Waals surface area contributed by atoms with Crippen LogP contribution in [0.5, 0.6) is 0 Å². The molecule has 0 aliphatic heterocycles. The average molecular weight is 249 g/mol. The summed E-state index contributed by atoms with van der Waals surface area (Å²) < 4.78 is 5.33. The van der Waals surface area contributed by atoms with Gasteiger partial charge >= 0.3 is 0 Å². The van der Waals surface area contributed by atoms with Gasteiger partial charge in [0.2, 0.25) is 0 Å². The molecule has 0 saturated heterocycles. The van der Waals surface area contributed by atoms with E-state index in [2.05, 4.69) is 0 Å². The van der Waals surface area contributed by atoms with Gasteiger partial charge in [0.1, 0.15) is 0 Å². The fourth-order valence-electron chi connectivity index (χ4n) is 1.55. The van der Waals surface area contributed by atoms with Crippen molar-refractivity contribution in [1.82, 2.24) is 4.90 Å². The summed E-state index contributed by atoms with van der Waals surface area (Å²) in [4.78, 5) is 24.5. The third-order valence-corrected chi connectivity index (χ3v) is 2.58. The zero-order valence-corrected chi connectivity index (χ0v) is 10.9. The van der Waals surface area contributed by atoms with Gasteiger partial charge in [-0.2, -0.15) is 0 Å². The molecule has 4 heteroatoms. The molecule has 0 aromatic heterocycles. The van der Waals surface area contributed by atoms with Crippen LogP contribution >= 0.6 is 0 Å². The van der Waals surface area contributed by atoms with E-state index in [1.165, 1.54) is 0 Å². The number of nitrogens with zero attached hydrogens (tertiary/aromatic N) is 1. The van der Waals surface area contributed by atoms with Crippen LogP contribution in [0.4, 0.5) is 0 Å². The summed E-state index contributed by atoms with van der Waals surface area (Å²) in [6, 6.07) is 6.80. The lowest BCUT2D eigenvalue weighted by atomic mass is 10.1. The Morgan fingerprint density at radius 1 is 1.33 bits per heavy atom. The van der Waals surface area contributed by atoms with Crippen LogP contribution in [-0.2, 0) is 4.74 Å². The minimum absolute atomic E-state index is 0.155. The molecule has 0 radical (unpaired) electrons. The van der Waals surface area contributed by atoms with E-state index in [4.69, 9.17) is 4.74 Å². The quantitative estimate of drug-likeness (QED) is 0.548. The highest BCUT2D eigenvalue weighted by Gasteiger charge is 2.14. The van der Waals surface area contributed by atoms with Gasteiger partial charge in [0.15, 0.2) is 6.29 Å². The van der Waals surface area contributed by atoms with Crippen molar-refractivity contribution in [2.75, 3.05) is 26.8 Å². The molecule has 1 aromatic rings. The van der Waals surface area contributed by atoms with E-state index in [0.717, 1.165) is 6.42 Å². The minimum atomic E-state index is -0.155. The van der Waals surface area contributed by atoms with Crippen LogP contribution in [0.3, 0.4) is 0 Å². The molecule has 0 spiro atoms. The maximum absolute atomic E-state index is 12.1. The molecule has 0 bridgehead atoms. The lowest BCUT2D eigenvalue weighted by Gasteiger charge is -2.17. The average Bonchev–Trinajstić information content (AvgIpc) is 2.42. The Balaban J connectivity index is 2.60. The number of hydrogen-bond donors (Lipinski definition) is 0. The summed E-state index contributed by atoms with van der Waals surface area (Å²) in [5.41, 5.74) is 0.856. The minimum Gasteiger partial charge on any atom is -0.380 e. The Morgan fingerprint density at radius 2 is 2.06 bits per heavy atom. The summed E-state index contributed by atoms with van der Waals surface area (Å²) in [6.45, 7) is 3.77. The Bertz CT molecular complexity index is 404. The number of hydrogen-bond acceptors (Lipinski definition) is 3. The zero-order valence-electron chi connectivity index (χ0n) is 10.9. The highest BCUT2D eigenvalue weighted by Crippen LogP contribution is 2.08. The van der Waals surface area contributed by atoms with Crippen molar-refractivity contribution in [2.45, 2.75) is 13.3 Å².